The molecule has 3 aromatic rings. The Kier molecular flexibility index (Phi) is 6.47. The van der Waals surface area contributed by atoms with Crippen LogP contribution in [0.25, 0.3) is 11.1 Å². The molecule has 1 amide bonds. The first-order valence-electron chi connectivity index (χ1n) is 8.19. The Morgan fingerprint density at radius 3 is 2.52 bits per heavy atom. The molecule has 0 unspecified atom stereocenters. The van der Waals surface area contributed by atoms with Crippen LogP contribution in [0.3, 0.4) is 0 Å². The van der Waals surface area contributed by atoms with Crippen molar-refractivity contribution in [3.63, 3.8) is 0 Å². The zero-order valence-electron chi connectivity index (χ0n) is 14.2. The number of halogens is 2. The lowest BCUT2D eigenvalue weighted by atomic mass is 10.0. The van der Waals surface area contributed by atoms with Crippen molar-refractivity contribution in [3.05, 3.63) is 88.4 Å². The molecule has 3 rings (SSSR count). The van der Waals surface area contributed by atoms with E-state index in [0.717, 1.165) is 11.1 Å². The Morgan fingerprint density at radius 2 is 1.70 bits per heavy atom. The molecule has 0 saturated carbocycles. The first kappa shape index (κ1) is 19.0. The lowest BCUT2D eigenvalue weighted by Gasteiger charge is -2.10. The maximum absolute atomic E-state index is 12.2. The van der Waals surface area contributed by atoms with Gasteiger partial charge in [0.1, 0.15) is 0 Å². The van der Waals surface area contributed by atoms with E-state index in [1.54, 1.807) is 18.2 Å². The SMILES string of the molecule is O=C(CO/N=C\c1cccc(Cl)c1Cl)Nc1ccccc1-c1ccccc1. The quantitative estimate of drug-likeness (QED) is 0.430. The summed E-state index contributed by atoms with van der Waals surface area (Å²) in [5, 5.41) is 7.43. The highest BCUT2D eigenvalue weighted by molar-refractivity contribution is 6.43. The summed E-state index contributed by atoms with van der Waals surface area (Å²) in [6, 6.07) is 22.6. The van der Waals surface area contributed by atoms with Crippen molar-refractivity contribution >= 4 is 41.0 Å². The van der Waals surface area contributed by atoms with Crippen LogP contribution in [0.5, 0.6) is 0 Å². The summed E-state index contributed by atoms with van der Waals surface area (Å²) in [4.78, 5) is 17.2. The Balaban J connectivity index is 1.61. The van der Waals surface area contributed by atoms with E-state index in [4.69, 9.17) is 28.0 Å². The minimum Gasteiger partial charge on any atom is -0.386 e. The Morgan fingerprint density at radius 1 is 0.963 bits per heavy atom. The van der Waals surface area contributed by atoms with E-state index >= 15 is 0 Å². The molecule has 3 aromatic carbocycles. The molecule has 1 N–H and O–H groups in total. The number of carbonyl (C=O) groups is 1. The third-order valence-electron chi connectivity index (χ3n) is 3.73. The van der Waals surface area contributed by atoms with Crippen molar-refractivity contribution in [2.24, 2.45) is 5.16 Å². The lowest BCUT2D eigenvalue weighted by Crippen LogP contribution is -2.17. The van der Waals surface area contributed by atoms with E-state index in [1.165, 1.54) is 6.21 Å². The fourth-order valence-electron chi connectivity index (χ4n) is 2.46. The highest BCUT2D eigenvalue weighted by atomic mass is 35.5. The minimum atomic E-state index is -0.312. The normalized spacial score (nSPS) is 10.7. The molecule has 0 aromatic heterocycles. The molecule has 6 heteroatoms. The zero-order chi connectivity index (χ0) is 19.1. The van der Waals surface area contributed by atoms with Crippen LogP contribution in [0.2, 0.25) is 10.0 Å². The molecule has 0 atom stereocenters. The third-order valence-corrected chi connectivity index (χ3v) is 4.56. The van der Waals surface area contributed by atoms with E-state index in [1.807, 2.05) is 54.6 Å². The van der Waals surface area contributed by atoms with E-state index in [0.29, 0.717) is 21.3 Å². The van der Waals surface area contributed by atoms with Gasteiger partial charge in [0, 0.05) is 16.8 Å². The van der Waals surface area contributed by atoms with Gasteiger partial charge in [0.05, 0.1) is 16.3 Å². The van der Waals surface area contributed by atoms with Crippen LogP contribution in [0.15, 0.2) is 78.0 Å². The van der Waals surface area contributed by atoms with Crippen molar-refractivity contribution in [1.82, 2.24) is 0 Å². The first-order chi connectivity index (χ1) is 13.1. The number of benzene rings is 3. The number of anilines is 1. The second kappa shape index (κ2) is 9.21. The Hall–Kier alpha value is -2.82. The number of amides is 1. The standard InChI is InChI=1S/C21H16Cl2N2O2/c22-18-11-6-9-16(21(18)23)13-24-27-14-20(26)25-19-12-5-4-10-17(19)15-7-2-1-3-8-15/h1-13H,14H2,(H,25,26)/b24-13-. The molecule has 0 bridgehead atoms. The highest BCUT2D eigenvalue weighted by Crippen LogP contribution is 2.27. The Bertz CT molecular complexity index is 959. The van der Waals surface area contributed by atoms with Crippen LogP contribution in [0.4, 0.5) is 5.69 Å². The molecular weight excluding hydrogens is 383 g/mol. The Labute approximate surface area is 167 Å². The average Bonchev–Trinajstić information content (AvgIpc) is 2.69. The predicted molar refractivity (Wildman–Crippen MR) is 111 cm³/mol. The van der Waals surface area contributed by atoms with Crippen LogP contribution < -0.4 is 5.32 Å². The number of hydrogen-bond donors (Lipinski definition) is 1. The second-order valence-corrected chi connectivity index (χ2v) is 6.40. The van der Waals surface area contributed by atoms with Gasteiger partial charge in [-0.1, -0.05) is 89.0 Å². The zero-order valence-corrected chi connectivity index (χ0v) is 15.7. The predicted octanol–water partition coefficient (Wildman–Crippen LogP) is 5.65. The molecule has 0 heterocycles. The average molecular weight is 399 g/mol. The van der Waals surface area contributed by atoms with Crippen LogP contribution >= 0.6 is 23.2 Å². The maximum Gasteiger partial charge on any atom is 0.265 e. The fraction of sp³-hybridized carbons (Fsp3) is 0.0476. The number of oxime groups is 1. The summed E-state index contributed by atoms with van der Waals surface area (Å²) < 4.78 is 0. The van der Waals surface area contributed by atoms with Crippen molar-refractivity contribution < 1.29 is 9.63 Å². The molecule has 0 aliphatic rings. The molecule has 0 spiro atoms. The van der Waals surface area contributed by atoms with Gasteiger partial charge in [-0.15, -0.1) is 0 Å². The van der Waals surface area contributed by atoms with Gasteiger partial charge in [-0.05, 0) is 17.7 Å². The summed E-state index contributed by atoms with van der Waals surface area (Å²) in [7, 11) is 0. The number of para-hydroxylation sites is 1. The van der Waals surface area contributed by atoms with E-state index in [2.05, 4.69) is 10.5 Å². The maximum atomic E-state index is 12.2. The summed E-state index contributed by atoms with van der Waals surface area (Å²) in [5.41, 5.74) is 3.27. The van der Waals surface area contributed by atoms with Gasteiger partial charge in [0.2, 0.25) is 0 Å². The molecule has 0 aliphatic carbocycles. The molecule has 0 saturated heterocycles. The van der Waals surface area contributed by atoms with Gasteiger partial charge < -0.3 is 10.2 Å². The largest absolute Gasteiger partial charge is 0.386 e. The monoisotopic (exact) mass is 398 g/mol. The number of hydrogen-bond acceptors (Lipinski definition) is 3. The van der Waals surface area contributed by atoms with Gasteiger partial charge in [-0.2, -0.15) is 0 Å². The van der Waals surface area contributed by atoms with Crippen molar-refractivity contribution in [1.29, 1.82) is 0 Å². The summed E-state index contributed by atoms with van der Waals surface area (Å²) in [6.45, 7) is -0.224. The number of carbonyl (C=O) groups excluding carboxylic acids is 1. The molecule has 0 fully saturated rings. The summed E-state index contributed by atoms with van der Waals surface area (Å²) in [6.07, 6.45) is 1.42. The fourth-order valence-corrected chi connectivity index (χ4v) is 2.81. The van der Waals surface area contributed by atoms with E-state index in [9.17, 15) is 4.79 Å². The van der Waals surface area contributed by atoms with Gasteiger partial charge >= 0.3 is 0 Å². The van der Waals surface area contributed by atoms with Crippen molar-refractivity contribution in [2.75, 3.05) is 11.9 Å². The molecule has 4 nitrogen and oxygen atoms in total. The molecule has 0 radical (unpaired) electrons. The minimum absolute atomic E-state index is 0.224. The van der Waals surface area contributed by atoms with E-state index in [-0.39, 0.29) is 12.5 Å². The number of nitrogens with one attached hydrogen (secondary N) is 1. The van der Waals surface area contributed by atoms with Gasteiger partial charge in [0.25, 0.3) is 5.91 Å². The van der Waals surface area contributed by atoms with Crippen LogP contribution in [0.1, 0.15) is 5.56 Å². The smallest absolute Gasteiger partial charge is 0.265 e. The van der Waals surface area contributed by atoms with Gasteiger partial charge in [-0.3, -0.25) is 4.79 Å². The van der Waals surface area contributed by atoms with Crippen molar-refractivity contribution in [2.45, 2.75) is 0 Å². The second-order valence-electron chi connectivity index (χ2n) is 5.61. The summed E-state index contributed by atoms with van der Waals surface area (Å²) >= 11 is 12.0. The van der Waals surface area contributed by atoms with Crippen molar-refractivity contribution in [3.8, 4) is 11.1 Å². The molecule has 0 aliphatic heterocycles. The van der Waals surface area contributed by atoms with Crippen LogP contribution in [-0.2, 0) is 9.63 Å². The lowest BCUT2D eigenvalue weighted by molar-refractivity contribution is -0.120. The van der Waals surface area contributed by atoms with E-state index < -0.39 is 0 Å². The molecular formula is C21H16Cl2N2O2. The topological polar surface area (TPSA) is 50.7 Å². The number of nitrogens with zero attached hydrogens (tertiary/aromatic N) is 1. The first-order valence-corrected chi connectivity index (χ1v) is 8.94. The molecule has 27 heavy (non-hydrogen) atoms. The highest BCUT2D eigenvalue weighted by Gasteiger charge is 2.08. The number of rotatable bonds is 6. The van der Waals surface area contributed by atoms with Gasteiger partial charge in [-0.25, -0.2) is 0 Å². The van der Waals surface area contributed by atoms with Gasteiger partial charge in [0.15, 0.2) is 6.61 Å². The van der Waals surface area contributed by atoms with Crippen LogP contribution in [0, 0.1) is 0 Å². The molecule has 136 valence electrons. The third kappa shape index (κ3) is 5.09. The van der Waals surface area contributed by atoms with Crippen LogP contribution in [-0.4, -0.2) is 18.7 Å². The summed E-state index contributed by atoms with van der Waals surface area (Å²) in [5.74, 6) is -0.312.